The molecule has 2 rings (SSSR count). The van der Waals surface area contributed by atoms with Gasteiger partial charge in [0.1, 0.15) is 6.61 Å². The molecule has 2 fully saturated rings. The van der Waals surface area contributed by atoms with Crippen molar-refractivity contribution in [3.63, 3.8) is 0 Å². The van der Waals surface area contributed by atoms with Crippen molar-refractivity contribution in [2.75, 3.05) is 13.7 Å². The van der Waals surface area contributed by atoms with Gasteiger partial charge in [-0.1, -0.05) is 26.2 Å². The Morgan fingerprint density at radius 2 is 2.06 bits per heavy atom. The number of hydrogen-bond donors (Lipinski definition) is 2. The first kappa shape index (κ1) is 14.3. The minimum absolute atomic E-state index is 0.0275. The van der Waals surface area contributed by atoms with E-state index in [1.807, 2.05) is 0 Å². The molecule has 0 aromatic heterocycles. The summed E-state index contributed by atoms with van der Waals surface area (Å²) in [6.45, 7) is 2.81. The van der Waals surface area contributed by atoms with Crippen LogP contribution in [0.1, 0.15) is 51.9 Å². The summed E-state index contributed by atoms with van der Waals surface area (Å²) in [5.41, 5.74) is 0. The lowest BCUT2D eigenvalue weighted by atomic mass is 9.84. The minimum atomic E-state index is -1.48. The van der Waals surface area contributed by atoms with E-state index in [0.29, 0.717) is 18.9 Å². The van der Waals surface area contributed by atoms with Crippen LogP contribution in [-0.2, 0) is 9.47 Å². The lowest BCUT2D eigenvalue weighted by Gasteiger charge is -2.29. The molecule has 106 valence electrons. The molecule has 18 heavy (non-hydrogen) atoms. The van der Waals surface area contributed by atoms with Crippen molar-refractivity contribution in [3.8, 4) is 0 Å². The average molecular weight is 258 g/mol. The zero-order valence-electron chi connectivity index (χ0n) is 11.5. The zero-order chi connectivity index (χ0) is 13.2. The number of aliphatic hydroxyl groups is 2. The summed E-state index contributed by atoms with van der Waals surface area (Å²) < 4.78 is 10.7. The van der Waals surface area contributed by atoms with Crippen LogP contribution in [0.4, 0.5) is 0 Å². The van der Waals surface area contributed by atoms with Gasteiger partial charge in [-0.05, 0) is 18.8 Å². The highest BCUT2D eigenvalue weighted by molar-refractivity contribution is 4.95. The second-order valence-corrected chi connectivity index (χ2v) is 5.89. The molecule has 0 bridgehead atoms. The van der Waals surface area contributed by atoms with E-state index in [1.54, 1.807) is 7.11 Å². The Labute approximate surface area is 109 Å². The Balaban J connectivity index is 1.91. The Hall–Kier alpha value is -0.160. The molecule has 0 aromatic carbocycles. The molecule has 0 radical (unpaired) electrons. The molecule has 4 nitrogen and oxygen atoms in total. The van der Waals surface area contributed by atoms with E-state index >= 15 is 0 Å². The molecule has 1 saturated heterocycles. The van der Waals surface area contributed by atoms with E-state index in [0.717, 1.165) is 38.5 Å². The number of methoxy groups -OCH3 is 1. The Morgan fingerprint density at radius 3 is 2.61 bits per heavy atom. The van der Waals surface area contributed by atoms with Crippen molar-refractivity contribution in [1.29, 1.82) is 0 Å². The van der Waals surface area contributed by atoms with Crippen LogP contribution in [0, 0.1) is 11.8 Å². The van der Waals surface area contributed by atoms with Crippen molar-refractivity contribution in [1.82, 2.24) is 0 Å². The van der Waals surface area contributed by atoms with Crippen molar-refractivity contribution in [2.45, 2.75) is 63.4 Å². The third-order valence-electron chi connectivity index (χ3n) is 4.58. The van der Waals surface area contributed by atoms with Gasteiger partial charge in [-0.15, -0.1) is 0 Å². The van der Waals surface area contributed by atoms with Gasteiger partial charge < -0.3 is 19.7 Å². The van der Waals surface area contributed by atoms with E-state index in [4.69, 9.17) is 9.47 Å². The molecule has 2 aliphatic rings. The van der Waals surface area contributed by atoms with Gasteiger partial charge in [0, 0.05) is 25.9 Å². The maximum absolute atomic E-state index is 10.1. The highest BCUT2D eigenvalue weighted by atomic mass is 16.8. The largest absolute Gasteiger partial charge is 0.365 e. The van der Waals surface area contributed by atoms with Crippen molar-refractivity contribution in [3.05, 3.63) is 0 Å². The summed E-state index contributed by atoms with van der Waals surface area (Å²) in [5, 5.41) is 20.2. The lowest BCUT2D eigenvalue weighted by molar-refractivity contribution is -0.194. The number of unbranched alkanes of at least 4 members (excludes halogenated alkanes) is 2. The van der Waals surface area contributed by atoms with Gasteiger partial charge in [-0.2, -0.15) is 0 Å². The molecule has 1 aliphatic carbocycles. The molecule has 4 heteroatoms. The van der Waals surface area contributed by atoms with Gasteiger partial charge in [-0.3, -0.25) is 0 Å². The molecule has 3 atom stereocenters. The fourth-order valence-corrected chi connectivity index (χ4v) is 3.29. The second-order valence-electron chi connectivity index (χ2n) is 5.89. The van der Waals surface area contributed by atoms with Crippen LogP contribution in [0.3, 0.4) is 0 Å². The Bertz CT molecular complexity index is 273. The van der Waals surface area contributed by atoms with Crippen molar-refractivity contribution in [2.24, 2.45) is 11.8 Å². The SMILES string of the molecule is CCCCCC1C(CC2(OC)CO2)CCC1(O)O. The van der Waals surface area contributed by atoms with Crippen LogP contribution in [0.5, 0.6) is 0 Å². The minimum Gasteiger partial charge on any atom is -0.365 e. The van der Waals surface area contributed by atoms with Gasteiger partial charge in [-0.25, -0.2) is 0 Å². The Kier molecular flexibility index (Phi) is 4.32. The fraction of sp³-hybridized carbons (Fsp3) is 1.00. The van der Waals surface area contributed by atoms with E-state index < -0.39 is 11.6 Å². The molecule has 2 N–H and O–H groups in total. The van der Waals surface area contributed by atoms with Crippen LogP contribution < -0.4 is 0 Å². The van der Waals surface area contributed by atoms with E-state index in [2.05, 4.69) is 6.92 Å². The molecule has 1 aliphatic heterocycles. The molecule has 1 saturated carbocycles. The van der Waals surface area contributed by atoms with E-state index in [-0.39, 0.29) is 5.92 Å². The van der Waals surface area contributed by atoms with E-state index in [1.165, 1.54) is 0 Å². The fourth-order valence-electron chi connectivity index (χ4n) is 3.29. The quantitative estimate of drug-likeness (QED) is 0.417. The van der Waals surface area contributed by atoms with E-state index in [9.17, 15) is 10.2 Å². The summed E-state index contributed by atoms with van der Waals surface area (Å²) in [4.78, 5) is 0. The predicted molar refractivity (Wildman–Crippen MR) is 67.8 cm³/mol. The van der Waals surface area contributed by atoms with Gasteiger partial charge in [0.15, 0.2) is 11.6 Å². The third-order valence-corrected chi connectivity index (χ3v) is 4.58. The molecular weight excluding hydrogens is 232 g/mol. The predicted octanol–water partition coefficient (Wildman–Crippen LogP) is 2.04. The van der Waals surface area contributed by atoms with Crippen molar-refractivity contribution >= 4 is 0 Å². The molecule has 0 aromatic rings. The highest BCUT2D eigenvalue weighted by Gasteiger charge is 2.53. The number of hydrogen-bond acceptors (Lipinski definition) is 4. The number of ether oxygens (including phenoxy) is 2. The van der Waals surface area contributed by atoms with Crippen LogP contribution in [0.2, 0.25) is 0 Å². The Morgan fingerprint density at radius 1 is 1.33 bits per heavy atom. The second kappa shape index (κ2) is 5.45. The van der Waals surface area contributed by atoms with Crippen LogP contribution in [-0.4, -0.2) is 35.5 Å². The lowest BCUT2D eigenvalue weighted by Crippen LogP contribution is -2.36. The van der Waals surface area contributed by atoms with Gasteiger partial charge in [0.2, 0.25) is 0 Å². The summed E-state index contributed by atoms with van der Waals surface area (Å²) in [6, 6.07) is 0. The molecule has 0 amide bonds. The van der Waals surface area contributed by atoms with Crippen LogP contribution in [0.15, 0.2) is 0 Å². The average Bonchev–Trinajstić information content (AvgIpc) is 3.05. The monoisotopic (exact) mass is 258 g/mol. The number of epoxide rings is 1. The molecule has 3 unspecified atom stereocenters. The van der Waals surface area contributed by atoms with Gasteiger partial charge in [0.25, 0.3) is 0 Å². The van der Waals surface area contributed by atoms with Crippen LogP contribution >= 0.6 is 0 Å². The first-order chi connectivity index (χ1) is 8.53. The van der Waals surface area contributed by atoms with Crippen LogP contribution in [0.25, 0.3) is 0 Å². The summed E-state index contributed by atoms with van der Waals surface area (Å²) in [5.74, 6) is -1.63. The summed E-state index contributed by atoms with van der Waals surface area (Å²) in [7, 11) is 1.67. The maximum atomic E-state index is 10.1. The zero-order valence-corrected chi connectivity index (χ0v) is 11.5. The standard InChI is InChI=1S/C14H26O4/c1-3-4-5-6-12-11(7-8-14(12,15)16)9-13(17-2)10-18-13/h11-12,15-16H,3-10H2,1-2H3. The number of rotatable bonds is 7. The molecular formula is C14H26O4. The van der Waals surface area contributed by atoms with Gasteiger partial charge >= 0.3 is 0 Å². The maximum Gasteiger partial charge on any atom is 0.192 e. The first-order valence-corrected chi connectivity index (χ1v) is 7.17. The highest BCUT2D eigenvalue weighted by Crippen LogP contribution is 2.48. The summed E-state index contributed by atoms with van der Waals surface area (Å²) >= 11 is 0. The smallest absolute Gasteiger partial charge is 0.192 e. The molecule has 0 spiro atoms. The van der Waals surface area contributed by atoms with Crippen molar-refractivity contribution < 1.29 is 19.7 Å². The molecule has 1 heterocycles. The van der Waals surface area contributed by atoms with Gasteiger partial charge in [0.05, 0.1) is 0 Å². The first-order valence-electron chi connectivity index (χ1n) is 7.17. The summed E-state index contributed by atoms with van der Waals surface area (Å²) in [6.07, 6.45) is 6.42. The normalized spacial score (nSPS) is 38.0. The third kappa shape index (κ3) is 3.05. The topological polar surface area (TPSA) is 62.2 Å².